The number of carbonyl (C=O) groups excluding carboxylic acids is 1. The van der Waals surface area contributed by atoms with Crippen molar-refractivity contribution in [1.29, 1.82) is 0 Å². The van der Waals surface area contributed by atoms with Crippen LogP contribution in [0.1, 0.15) is 55.0 Å². The van der Waals surface area contributed by atoms with Crippen LogP contribution in [0.15, 0.2) is 30.3 Å². The maximum atomic E-state index is 11.5. The van der Waals surface area contributed by atoms with Gasteiger partial charge in [0.25, 0.3) is 0 Å². The van der Waals surface area contributed by atoms with Crippen molar-refractivity contribution in [3.63, 3.8) is 0 Å². The summed E-state index contributed by atoms with van der Waals surface area (Å²) in [6.45, 7) is 9.46. The number of hydrogen-bond acceptors (Lipinski definition) is 6. The molecule has 29 heavy (non-hydrogen) atoms. The van der Waals surface area contributed by atoms with Gasteiger partial charge in [0, 0.05) is 30.9 Å². The molecule has 0 saturated carbocycles. The van der Waals surface area contributed by atoms with Gasteiger partial charge in [0.05, 0.1) is 18.4 Å². The fraction of sp³-hybridized carbons (Fsp3) is 0.435. The van der Waals surface area contributed by atoms with Crippen LogP contribution in [0.5, 0.6) is 11.5 Å². The van der Waals surface area contributed by atoms with Gasteiger partial charge in [-0.1, -0.05) is 18.2 Å². The molecule has 2 aromatic rings. The van der Waals surface area contributed by atoms with E-state index >= 15 is 0 Å². The second-order valence-electron chi connectivity index (χ2n) is 7.88. The molecular weight excluding hydrogens is 370 g/mol. The maximum absolute atomic E-state index is 11.5. The van der Waals surface area contributed by atoms with Crippen molar-refractivity contribution in [2.75, 3.05) is 12.1 Å². The molecule has 2 atom stereocenters. The molecule has 1 aliphatic rings. The molecule has 1 aliphatic heterocycles. The van der Waals surface area contributed by atoms with Crippen molar-refractivity contribution < 1.29 is 24.2 Å². The SMILES string of the molecule is CC(=O)Oc1c(C)c(C)c2c(c1C)C(O)CC(C)(CCONc1ccccc1)O2. The van der Waals surface area contributed by atoms with E-state index in [0.29, 0.717) is 36.5 Å². The predicted molar refractivity (Wildman–Crippen MR) is 111 cm³/mol. The zero-order valence-corrected chi connectivity index (χ0v) is 17.7. The number of anilines is 1. The smallest absolute Gasteiger partial charge is 0.308 e. The monoisotopic (exact) mass is 399 g/mol. The van der Waals surface area contributed by atoms with Crippen LogP contribution < -0.4 is 15.0 Å². The van der Waals surface area contributed by atoms with Gasteiger partial charge in [-0.2, -0.15) is 0 Å². The minimum Gasteiger partial charge on any atom is -0.487 e. The van der Waals surface area contributed by atoms with Crippen LogP contribution in [-0.4, -0.2) is 23.3 Å². The average molecular weight is 399 g/mol. The van der Waals surface area contributed by atoms with E-state index in [-0.39, 0.29) is 5.97 Å². The fourth-order valence-electron chi connectivity index (χ4n) is 3.81. The third-order valence-electron chi connectivity index (χ3n) is 5.48. The summed E-state index contributed by atoms with van der Waals surface area (Å²) in [5.41, 5.74) is 6.39. The first-order valence-electron chi connectivity index (χ1n) is 9.84. The zero-order chi connectivity index (χ0) is 21.2. The van der Waals surface area contributed by atoms with Crippen LogP contribution >= 0.6 is 0 Å². The van der Waals surface area contributed by atoms with E-state index in [1.807, 2.05) is 58.0 Å². The van der Waals surface area contributed by atoms with E-state index in [4.69, 9.17) is 14.3 Å². The third kappa shape index (κ3) is 4.54. The molecule has 0 amide bonds. The summed E-state index contributed by atoms with van der Waals surface area (Å²) < 4.78 is 11.8. The van der Waals surface area contributed by atoms with Gasteiger partial charge in [-0.15, -0.1) is 0 Å². The van der Waals surface area contributed by atoms with Crippen molar-refractivity contribution in [2.45, 2.75) is 59.2 Å². The Kier molecular flexibility index (Phi) is 6.15. The lowest BCUT2D eigenvalue weighted by molar-refractivity contribution is -0.132. The first-order chi connectivity index (χ1) is 13.7. The van der Waals surface area contributed by atoms with Gasteiger partial charge in [-0.05, 0) is 51.0 Å². The highest BCUT2D eigenvalue weighted by Gasteiger charge is 2.39. The van der Waals surface area contributed by atoms with Crippen LogP contribution in [0.3, 0.4) is 0 Å². The Hall–Kier alpha value is -2.57. The Labute approximate surface area is 171 Å². The first-order valence-corrected chi connectivity index (χ1v) is 9.84. The predicted octanol–water partition coefficient (Wildman–Crippen LogP) is 4.55. The maximum Gasteiger partial charge on any atom is 0.308 e. The molecule has 156 valence electrons. The first kappa shape index (κ1) is 21.1. The molecule has 2 aromatic carbocycles. The van der Waals surface area contributed by atoms with Gasteiger partial charge in [0.15, 0.2) is 0 Å². The molecule has 2 unspecified atom stereocenters. The van der Waals surface area contributed by atoms with E-state index in [1.54, 1.807) is 0 Å². The lowest BCUT2D eigenvalue weighted by atomic mass is 9.84. The number of ether oxygens (including phenoxy) is 2. The molecule has 0 bridgehead atoms. The second kappa shape index (κ2) is 8.43. The molecular formula is C23H29NO5. The summed E-state index contributed by atoms with van der Waals surface area (Å²) >= 11 is 0. The van der Waals surface area contributed by atoms with Crippen LogP contribution in [0.2, 0.25) is 0 Å². The molecule has 3 rings (SSSR count). The Bertz CT molecular complexity index is 896. The number of hydrogen-bond donors (Lipinski definition) is 2. The van der Waals surface area contributed by atoms with Crippen LogP contribution in [-0.2, 0) is 9.63 Å². The van der Waals surface area contributed by atoms with E-state index in [1.165, 1.54) is 6.92 Å². The molecule has 0 fully saturated rings. The van der Waals surface area contributed by atoms with E-state index in [9.17, 15) is 9.90 Å². The average Bonchev–Trinajstić information content (AvgIpc) is 2.67. The van der Waals surface area contributed by atoms with Gasteiger partial charge < -0.3 is 14.6 Å². The topological polar surface area (TPSA) is 77.0 Å². The summed E-state index contributed by atoms with van der Waals surface area (Å²) in [5, 5.41) is 10.9. The highest BCUT2D eigenvalue weighted by atomic mass is 16.6. The summed E-state index contributed by atoms with van der Waals surface area (Å²) in [7, 11) is 0. The number of aliphatic hydroxyl groups excluding tert-OH is 1. The Morgan fingerprint density at radius 3 is 2.55 bits per heavy atom. The molecule has 0 aromatic heterocycles. The lowest BCUT2D eigenvalue weighted by Crippen LogP contribution is -2.40. The highest BCUT2D eigenvalue weighted by Crippen LogP contribution is 2.48. The lowest BCUT2D eigenvalue weighted by Gasteiger charge is -2.40. The van der Waals surface area contributed by atoms with Crippen molar-refractivity contribution in [2.24, 2.45) is 0 Å². The van der Waals surface area contributed by atoms with E-state index < -0.39 is 11.7 Å². The normalized spacial score (nSPS) is 20.6. The fourth-order valence-corrected chi connectivity index (χ4v) is 3.81. The zero-order valence-electron chi connectivity index (χ0n) is 17.7. The second-order valence-corrected chi connectivity index (χ2v) is 7.88. The summed E-state index contributed by atoms with van der Waals surface area (Å²) in [6.07, 6.45) is 0.323. The van der Waals surface area contributed by atoms with Crippen LogP contribution in [0.25, 0.3) is 0 Å². The largest absolute Gasteiger partial charge is 0.487 e. The number of nitrogens with one attached hydrogen (secondary N) is 1. The third-order valence-corrected chi connectivity index (χ3v) is 5.48. The van der Waals surface area contributed by atoms with Crippen molar-refractivity contribution >= 4 is 11.7 Å². The number of para-hydroxylation sites is 1. The Morgan fingerprint density at radius 2 is 1.90 bits per heavy atom. The quantitative estimate of drug-likeness (QED) is 0.321. The summed E-state index contributed by atoms with van der Waals surface area (Å²) in [5.74, 6) is 0.804. The summed E-state index contributed by atoms with van der Waals surface area (Å²) in [6, 6.07) is 9.66. The van der Waals surface area contributed by atoms with Crippen LogP contribution in [0, 0.1) is 20.8 Å². The summed E-state index contributed by atoms with van der Waals surface area (Å²) in [4.78, 5) is 17.1. The molecule has 0 spiro atoms. The number of carbonyl (C=O) groups is 1. The van der Waals surface area contributed by atoms with Gasteiger partial charge in [0.2, 0.25) is 0 Å². The minimum atomic E-state index is -0.709. The molecule has 0 aliphatic carbocycles. The van der Waals surface area contributed by atoms with Gasteiger partial charge in [0.1, 0.15) is 17.1 Å². The molecule has 1 heterocycles. The number of benzene rings is 2. The highest BCUT2D eigenvalue weighted by molar-refractivity contribution is 5.72. The van der Waals surface area contributed by atoms with Crippen molar-refractivity contribution in [3.8, 4) is 11.5 Å². The van der Waals surface area contributed by atoms with Crippen molar-refractivity contribution in [3.05, 3.63) is 52.6 Å². The van der Waals surface area contributed by atoms with Gasteiger partial charge in [-0.25, -0.2) is 0 Å². The number of rotatable bonds is 6. The van der Waals surface area contributed by atoms with Crippen LogP contribution in [0.4, 0.5) is 5.69 Å². The molecule has 2 N–H and O–H groups in total. The van der Waals surface area contributed by atoms with E-state index in [0.717, 1.165) is 22.4 Å². The number of fused-ring (bicyclic) bond motifs is 1. The molecule has 0 saturated heterocycles. The molecule has 6 heteroatoms. The van der Waals surface area contributed by atoms with E-state index in [2.05, 4.69) is 5.48 Å². The molecule has 6 nitrogen and oxygen atoms in total. The molecule has 0 radical (unpaired) electrons. The standard InChI is InChI=1S/C23H29NO5/c1-14-15(2)22-20(16(3)21(14)28-17(4)25)19(26)13-23(5,29-22)11-12-27-24-18-9-7-6-8-10-18/h6-10,19,24,26H,11-13H2,1-5H3. The Balaban J connectivity index is 1.76. The number of esters is 1. The van der Waals surface area contributed by atoms with Gasteiger partial charge in [-0.3, -0.25) is 15.1 Å². The van der Waals surface area contributed by atoms with Gasteiger partial charge >= 0.3 is 5.97 Å². The Morgan fingerprint density at radius 1 is 1.21 bits per heavy atom. The van der Waals surface area contributed by atoms with Crippen molar-refractivity contribution in [1.82, 2.24) is 0 Å². The number of aliphatic hydroxyl groups is 1. The minimum absolute atomic E-state index is 0.380.